The molecule has 6 heteroatoms. The predicted molar refractivity (Wildman–Crippen MR) is 69.1 cm³/mol. The van der Waals surface area contributed by atoms with Crippen LogP contribution in [0.1, 0.15) is 10.4 Å². The number of carboxylic acids is 1. The zero-order valence-corrected chi connectivity index (χ0v) is 9.68. The van der Waals surface area contributed by atoms with Crippen LogP contribution in [0.2, 0.25) is 0 Å². The highest BCUT2D eigenvalue weighted by Gasteiger charge is 2.07. The highest BCUT2D eigenvalue weighted by Crippen LogP contribution is 2.19. The third kappa shape index (κ3) is 1.99. The summed E-state index contributed by atoms with van der Waals surface area (Å²) in [6, 6.07) is 9.41. The molecule has 0 spiro atoms. The van der Waals surface area contributed by atoms with Crippen LogP contribution in [0.3, 0.4) is 0 Å². The molecule has 19 heavy (non-hydrogen) atoms. The van der Waals surface area contributed by atoms with Crippen LogP contribution in [-0.4, -0.2) is 26.0 Å². The number of carboxylic acid groups (broad SMARTS) is 1. The van der Waals surface area contributed by atoms with Crippen molar-refractivity contribution in [3.05, 3.63) is 52.3 Å². The lowest BCUT2D eigenvalue weighted by molar-refractivity contribution is 0.0697. The molecule has 0 fully saturated rings. The van der Waals surface area contributed by atoms with Crippen LogP contribution in [-0.2, 0) is 0 Å². The monoisotopic (exact) mass is 255 g/mol. The predicted octanol–water partition coefficient (Wildman–Crippen LogP) is 1.62. The van der Waals surface area contributed by atoms with Gasteiger partial charge >= 0.3 is 5.97 Å². The highest BCUT2D eigenvalue weighted by molar-refractivity contribution is 5.88. The number of pyridine rings is 1. The van der Waals surface area contributed by atoms with E-state index in [1.807, 2.05) is 0 Å². The van der Waals surface area contributed by atoms with E-state index >= 15 is 0 Å². The number of hydrogen-bond acceptors (Lipinski definition) is 3. The van der Waals surface area contributed by atoms with Crippen molar-refractivity contribution in [3.8, 4) is 11.4 Å². The van der Waals surface area contributed by atoms with Crippen molar-refractivity contribution in [1.29, 1.82) is 0 Å². The number of fused-ring (bicyclic) bond motifs is 1. The molecule has 0 saturated heterocycles. The number of carbonyl (C=O) groups is 1. The molecule has 1 aromatic carbocycles. The minimum absolute atomic E-state index is 0.216. The normalized spacial score (nSPS) is 10.7. The first-order valence-electron chi connectivity index (χ1n) is 5.56. The fraction of sp³-hybridized carbons (Fsp3) is 0. The number of hydrogen-bond donors (Lipinski definition) is 3. The second-order valence-corrected chi connectivity index (χ2v) is 4.05. The standard InChI is InChI=1S/C13H9N3O3/c17-10-6-5-9-12(15-10)16-11(14-9)7-1-3-8(4-2-7)13(18)19/h1-6H,(H,18,19)(H2,14,15,16,17). The summed E-state index contributed by atoms with van der Waals surface area (Å²) in [5.41, 5.74) is 1.95. The second kappa shape index (κ2) is 4.09. The lowest BCUT2D eigenvalue weighted by Gasteiger charge is -1.97. The molecule has 0 radical (unpaired) electrons. The minimum atomic E-state index is -0.972. The molecular formula is C13H9N3O3. The van der Waals surface area contributed by atoms with Crippen molar-refractivity contribution < 1.29 is 9.90 Å². The second-order valence-electron chi connectivity index (χ2n) is 4.05. The van der Waals surface area contributed by atoms with Gasteiger partial charge in [0, 0.05) is 11.6 Å². The van der Waals surface area contributed by atoms with Gasteiger partial charge in [0.15, 0.2) is 5.65 Å². The van der Waals surface area contributed by atoms with Crippen LogP contribution in [0.15, 0.2) is 41.2 Å². The van der Waals surface area contributed by atoms with Crippen LogP contribution < -0.4 is 5.56 Å². The van der Waals surface area contributed by atoms with Crippen molar-refractivity contribution in [3.63, 3.8) is 0 Å². The van der Waals surface area contributed by atoms with Gasteiger partial charge in [0.05, 0.1) is 11.1 Å². The van der Waals surface area contributed by atoms with Crippen LogP contribution in [0.25, 0.3) is 22.6 Å². The summed E-state index contributed by atoms with van der Waals surface area (Å²) in [4.78, 5) is 31.9. The Balaban J connectivity index is 2.08. The Morgan fingerprint density at radius 1 is 1.05 bits per heavy atom. The van der Waals surface area contributed by atoms with Gasteiger partial charge < -0.3 is 15.1 Å². The number of rotatable bonds is 2. The average Bonchev–Trinajstić information content (AvgIpc) is 2.81. The van der Waals surface area contributed by atoms with Gasteiger partial charge in [-0.3, -0.25) is 4.79 Å². The largest absolute Gasteiger partial charge is 0.478 e. The zero-order valence-electron chi connectivity index (χ0n) is 9.68. The number of nitrogens with one attached hydrogen (secondary N) is 2. The van der Waals surface area contributed by atoms with Gasteiger partial charge in [0.25, 0.3) is 0 Å². The maximum Gasteiger partial charge on any atom is 0.335 e. The van der Waals surface area contributed by atoms with Crippen molar-refractivity contribution in [2.75, 3.05) is 0 Å². The number of nitrogens with zero attached hydrogens (tertiary/aromatic N) is 1. The Morgan fingerprint density at radius 3 is 2.47 bits per heavy atom. The fourth-order valence-electron chi connectivity index (χ4n) is 1.83. The molecule has 3 N–H and O–H groups in total. The molecule has 0 saturated carbocycles. The number of H-pyrrole nitrogens is 2. The Bertz CT molecular complexity index is 815. The lowest BCUT2D eigenvalue weighted by atomic mass is 10.1. The van der Waals surface area contributed by atoms with Gasteiger partial charge in [0.2, 0.25) is 5.56 Å². The molecule has 0 aliphatic carbocycles. The van der Waals surface area contributed by atoms with E-state index in [2.05, 4.69) is 15.0 Å². The number of aromatic carboxylic acids is 1. The maximum absolute atomic E-state index is 11.2. The van der Waals surface area contributed by atoms with E-state index in [4.69, 9.17) is 5.11 Å². The average molecular weight is 255 g/mol. The summed E-state index contributed by atoms with van der Waals surface area (Å²) in [6.45, 7) is 0. The molecule has 0 atom stereocenters. The first kappa shape index (κ1) is 11.2. The lowest BCUT2D eigenvalue weighted by Crippen LogP contribution is -2.01. The van der Waals surface area contributed by atoms with E-state index in [1.54, 1.807) is 18.2 Å². The molecule has 2 aromatic heterocycles. The van der Waals surface area contributed by atoms with Crippen LogP contribution in [0.5, 0.6) is 0 Å². The van der Waals surface area contributed by atoms with E-state index in [-0.39, 0.29) is 11.1 Å². The van der Waals surface area contributed by atoms with E-state index in [9.17, 15) is 9.59 Å². The molecule has 2 heterocycles. The van der Waals surface area contributed by atoms with Gasteiger partial charge in [-0.1, -0.05) is 12.1 Å². The van der Waals surface area contributed by atoms with Crippen molar-refractivity contribution in [2.24, 2.45) is 0 Å². The molecule has 94 valence electrons. The summed E-state index contributed by atoms with van der Waals surface area (Å²) in [7, 11) is 0. The van der Waals surface area contributed by atoms with E-state index in [0.29, 0.717) is 11.5 Å². The topological polar surface area (TPSA) is 98.8 Å². The van der Waals surface area contributed by atoms with Crippen molar-refractivity contribution in [1.82, 2.24) is 15.0 Å². The molecule has 0 aliphatic rings. The van der Waals surface area contributed by atoms with Gasteiger partial charge in [-0.05, 0) is 18.2 Å². The Kier molecular flexibility index (Phi) is 2.42. The van der Waals surface area contributed by atoms with Gasteiger partial charge in [-0.25, -0.2) is 9.78 Å². The summed E-state index contributed by atoms with van der Waals surface area (Å²) in [6.07, 6.45) is 0. The summed E-state index contributed by atoms with van der Waals surface area (Å²) in [5, 5.41) is 8.83. The summed E-state index contributed by atoms with van der Waals surface area (Å²) in [5.74, 6) is -0.394. The van der Waals surface area contributed by atoms with Crippen molar-refractivity contribution in [2.45, 2.75) is 0 Å². The van der Waals surface area contributed by atoms with Gasteiger partial charge in [-0.2, -0.15) is 0 Å². The van der Waals surface area contributed by atoms with Gasteiger partial charge in [0.1, 0.15) is 5.82 Å². The maximum atomic E-state index is 11.2. The van der Waals surface area contributed by atoms with E-state index < -0.39 is 5.97 Å². The third-order valence-corrected chi connectivity index (χ3v) is 2.78. The zero-order chi connectivity index (χ0) is 13.4. The number of aromatic amines is 2. The van der Waals surface area contributed by atoms with Crippen LogP contribution >= 0.6 is 0 Å². The quantitative estimate of drug-likeness (QED) is 0.647. The number of imidazole rings is 1. The van der Waals surface area contributed by atoms with Crippen molar-refractivity contribution >= 4 is 17.1 Å². The number of aromatic nitrogens is 3. The third-order valence-electron chi connectivity index (χ3n) is 2.78. The van der Waals surface area contributed by atoms with Crippen LogP contribution in [0.4, 0.5) is 0 Å². The minimum Gasteiger partial charge on any atom is -0.478 e. The van der Waals surface area contributed by atoms with Crippen LogP contribution in [0, 0.1) is 0 Å². The first-order chi connectivity index (χ1) is 9.13. The molecule has 0 unspecified atom stereocenters. The smallest absolute Gasteiger partial charge is 0.335 e. The summed E-state index contributed by atoms with van der Waals surface area (Å²) >= 11 is 0. The molecule has 0 amide bonds. The van der Waals surface area contributed by atoms with E-state index in [1.165, 1.54) is 18.2 Å². The first-order valence-corrected chi connectivity index (χ1v) is 5.56. The molecule has 0 aliphatic heterocycles. The molecule has 3 rings (SSSR count). The molecule has 6 nitrogen and oxygen atoms in total. The molecule has 3 aromatic rings. The molecule has 0 bridgehead atoms. The fourth-order valence-corrected chi connectivity index (χ4v) is 1.83. The SMILES string of the molecule is O=C(O)c1ccc(-c2nc3[nH]c(=O)ccc3[nH]2)cc1. The molecular weight excluding hydrogens is 246 g/mol. The Labute approximate surface area is 106 Å². The Hall–Kier alpha value is -2.89. The number of benzene rings is 1. The van der Waals surface area contributed by atoms with E-state index in [0.717, 1.165) is 11.1 Å². The highest BCUT2D eigenvalue weighted by atomic mass is 16.4. The Morgan fingerprint density at radius 2 is 1.79 bits per heavy atom. The summed E-state index contributed by atoms with van der Waals surface area (Å²) < 4.78 is 0. The van der Waals surface area contributed by atoms with Gasteiger partial charge in [-0.15, -0.1) is 0 Å².